The Morgan fingerprint density at radius 2 is 1.83 bits per heavy atom. The van der Waals surface area contributed by atoms with E-state index in [2.05, 4.69) is 27.7 Å². The molecule has 9 atom stereocenters. The van der Waals surface area contributed by atoms with Crippen LogP contribution < -0.4 is 0 Å². The van der Waals surface area contributed by atoms with E-state index in [1.54, 1.807) is 0 Å². The first kappa shape index (κ1) is 20.1. The smallest absolute Gasteiger partial charge is 0.424 e. The van der Waals surface area contributed by atoms with Crippen LogP contribution in [0, 0.1) is 41.4 Å². The van der Waals surface area contributed by atoms with Crippen molar-refractivity contribution in [1.82, 2.24) is 0 Å². The van der Waals surface area contributed by atoms with Crippen LogP contribution in [0.15, 0.2) is 0 Å². The van der Waals surface area contributed by atoms with Crippen molar-refractivity contribution < 1.29 is 23.7 Å². The Hall–Kier alpha value is -0.810. The lowest BCUT2D eigenvalue weighted by Crippen LogP contribution is -2.74. The van der Waals surface area contributed by atoms with E-state index in [9.17, 15) is 4.79 Å². The molecule has 0 aromatic carbocycles. The van der Waals surface area contributed by atoms with Crippen molar-refractivity contribution in [3.63, 3.8) is 0 Å². The lowest BCUT2D eigenvalue weighted by molar-refractivity contribution is -0.352. The van der Waals surface area contributed by atoms with E-state index in [-0.39, 0.29) is 12.0 Å². The Kier molecular flexibility index (Phi) is 4.40. The molecule has 3 aliphatic carbocycles. The molecule has 2 saturated heterocycles. The maximum atomic E-state index is 12.7. The highest BCUT2D eigenvalue weighted by atomic mass is 16.8. The number of carbonyl (C=O) groups is 1. The molecule has 0 aromatic heterocycles. The van der Waals surface area contributed by atoms with Gasteiger partial charge in [-0.25, -0.2) is 4.79 Å². The van der Waals surface area contributed by atoms with Gasteiger partial charge in [0.25, 0.3) is 0 Å². The van der Waals surface area contributed by atoms with Crippen LogP contribution in [0.2, 0.25) is 0 Å². The topological polar surface area (TPSA) is 54.0 Å². The summed E-state index contributed by atoms with van der Waals surface area (Å²) in [6.45, 7) is 14.0. The highest BCUT2D eigenvalue weighted by Crippen LogP contribution is 2.67. The van der Waals surface area contributed by atoms with Gasteiger partial charge >= 0.3 is 6.16 Å². The van der Waals surface area contributed by atoms with E-state index >= 15 is 0 Å². The SMILES string of the molecule is CC(C)[C@@H]1CC[C@@H](C)[C@H]2CC[C@]3(C)OC(=O)O[C@]34[C@H]2[C@H]2OC(C)(C)OC[C@H]2C[C@H]14. The molecule has 164 valence electrons. The first-order valence-electron chi connectivity index (χ1n) is 11.8. The van der Waals surface area contributed by atoms with Gasteiger partial charge in [-0.2, -0.15) is 0 Å². The number of hydrogen-bond donors (Lipinski definition) is 0. The second-order valence-electron chi connectivity index (χ2n) is 11.6. The van der Waals surface area contributed by atoms with Crippen LogP contribution in [0.1, 0.15) is 73.6 Å². The van der Waals surface area contributed by atoms with Gasteiger partial charge in [0.1, 0.15) is 0 Å². The molecule has 5 nitrogen and oxygen atoms in total. The average molecular weight is 407 g/mol. The Balaban J connectivity index is 1.70. The van der Waals surface area contributed by atoms with Crippen molar-refractivity contribution in [3.8, 4) is 0 Å². The zero-order valence-electron chi connectivity index (χ0n) is 18.9. The Morgan fingerprint density at radius 3 is 2.55 bits per heavy atom. The van der Waals surface area contributed by atoms with E-state index in [4.69, 9.17) is 18.9 Å². The second-order valence-corrected chi connectivity index (χ2v) is 11.6. The summed E-state index contributed by atoms with van der Waals surface area (Å²) in [7, 11) is 0. The monoisotopic (exact) mass is 406 g/mol. The van der Waals surface area contributed by atoms with Crippen molar-refractivity contribution >= 4 is 6.16 Å². The van der Waals surface area contributed by atoms with Crippen molar-refractivity contribution in [2.45, 2.75) is 96.7 Å². The summed E-state index contributed by atoms with van der Waals surface area (Å²) in [4.78, 5) is 12.7. The lowest BCUT2D eigenvalue weighted by atomic mass is 9.44. The van der Waals surface area contributed by atoms with Gasteiger partial charge < -0.3 is 18.9 Å². The molecule has 2 aliphatic heterocycles. The van der Waals surface area contributed by atoms with Gasteiger partial charge in [0, 0.05) is 17.8 Å². The fraction of sp³-hybridized carbons (Fsp3) is 0.958. The quantitative estimate of drug-likeness (QED) is 0.563. The standard InChI is InChI=1S/C24H38O5/c1-13(2)16-8-7-14(3)17-9-10-23(6)24(29-21(25)28-23)18(16)11-15-12-26-22(4,5)27-20(15)19(17)24/h13-20H,7-12H2,1-6H3/t14-,15-,16+,17-,18-,19-,20+,23+,24-/m1/s1. The first-order chi connectivity index (χ1) is 13.6. The molecule has 29 heavy (non-hydrogen) atoms. The van der Waals surface area contributed by atoms with Gasteiger partial charge in [0.05, 0.1) is 12.7 Å². The van der Waals surface area contributed by atoms with Gasteiger partial charge in [0.15, 0.2) is 17.0 Å². The molecule has 0 radical (unpaired) electrons. The van der Waals surface area contributed by atoms with Crippen molar-refractivity contribution in [1.29, 1.82) is 0 Å². The van der Waals surface area contributed by atoms with Crippen LogP contribution in [0.3, 0.4) is 0 Å². The molecule has 5 fully saturated rings. The molecule has 4 bridgehead atoms. The van der Waals surface area contributed by atoms with Crippen LogP contribution in [0.5, 0.6) is 0 Å². The minimum Gasteiger partial charge on any atom is -0.424 e. The summed E-state index contributed by atoms with van der Waals surface area (Å²) in [6.07, 6.45) is 5.00. The molecule has 1 spiro atoms. The molecule has 0 unspecified atom stereocenters. The largest absolute Gasteiger partial charge is 0.509 e. The number of rotatable bonds is 1. The van der Waals surface area contributed by atoms with Gasteiger partial charge in [-0.1, -0.05) is 27.2 Å². The number of ether oxygens (including phenoxy) is 4. The van der Waals surface area contributed by atoms with Gasteiger partial charge in [-0.15, -0.1) is 0 Å². The zero-order chi connectivity index (χ0) is 20.8. The number of carbonyl (C=O) groups excluding carboxylic acids is 1. The first-order valence-corrected chi connectivity index (χ1v) is 11.8. The highest BCUT2D eigenvalue weighted by molar-refractivity contribution is 5.65. The van der Waals surface area contributed by atoms with Crippen LogP contribution in [-0.4, -0.2) is 35.9 Å². The van der Waals surface area contributed by atoms with Crippen LogP contribution in [0.4, 0.5) is 4.79 Å². The molecule has 5 heteroatoms. The third-order valence-corrected chi connectivity index (χ3v) is 9.35. The van der Waals surface area contributed by atoms with E-state index in [0.717, 1.165) is 25.9 Å². The third kappa shape index (κ3) is 2.68. The summed E-state index contributed by atoms with van der Waals surface area (Å²) in [5.74, 6) is 2.39. The third-order valence-electron chi connectivity index (χ3n) is 9.35. The summed E-state index contributed by atoms with van der Waals surface area (Å²) in [5.41, 5.74) is -1.14. The average Bonchev–Trinajstić information content (AvgIpc) is 2.89. The minimum atomic E-state index is -0.595. The van der Waals surface area contributed by atoms with Crippen molar-refractivity contribution in [2.24, 2.45) is 41.4 Å². The van der Waals surface area contributed by atoms with Crippen LogP contribution >= 0.6 is 0 Å². The van der Waals surface area contributed by atoms with Gasteiger partial charge in [-0.05, 0) is 70.1 Å². The van der Waals surface area contributed by atoms with Crippen molar-refractivity contribution in [3.05, 3.63) is 0 Å². The van der Waals surface area contributed by atoms with Crippen molar-refractivity contribution in [2.75, 3.05) is 6.61 Å². The fourth-order valence-electron chi connectivity index (χ4n) is 8.07. The molecular weight excluding hydrogens is 368 g/mol. The summed E-state index contributed by atoms with van der Waals surface area (Å²) in [5, 5.41) is 0. The Morgan fingerprint density at radius 1 is 1.07 bits per heavy atom. The number of hydrogen-bond acceptors (Lipinski definition) is 5. The normalized spacial score (nSPS) is 53.2. The molecule has 0 N–H and O–H groups in total. The predicted octanol–water partition coefficient (Wildman–Crippen LogP) is 5.17. The zero-order valence-corrected chi connectivity index (χ0v) is 18.9. The molecule has 0 aromatic rings. The van der Waals surface area contributed by atoms with E-state index in [1.807, 2.05) is 13.8 Å². The van der Waals surface area contributed by atoms with Gasteiger partial charge in [0.2, 0.25) is 0 Å². The fourth-order valence-corrected chi connectivity index (χ4v) is 8.07. The summed E-state index contributed by atoms with van der Waals surface area (Å²) in [6, 6.07) is 0. The molecule has 0 amide bonds. The lowest BCUT2D eigenvalue weighted by Gasteiger charge is -2.65. The minimum absolute atomic E-state index is 0.0579. The van der Waals surface area contributed by atoms with Gasteiger partial charge in [-0.3, -0.25) is 0 Å². The summed E-state index contributed by atoms with van der Waals surface area (Å²) < 4.78 is 25.2. The Labute approximate surface area is 175 Å². The van der Waals surface area contributed by atoms with E-state index in [0.29, 0.717) is 35.5 Å². The van der Waals surface area contributed by atoms with Crippen LogP contribution in [-0.2, 0) is 18.9 Å². The van der Waals surface area contributed by atoms with E-state index in [1.165, 1.54) is 12.8 Å². The highest BCUT2D eigenvalue weighted by Gasteiger charge is 2.76. The maximum absolute atomic E-state index is 12.7. The molecule has 5 rings (SSSR count). The molecule has 2 heterocycles. The van der Waals surface area contributed by atoms with E-state index < -0.39 is 23.1 Å². The summed E-state index contributed by atoms with van der Waals surface area (Å²) >= 11 is 0. The van der Waals surface area contributed by atoms with Crippen LogP contribution in [0.25, 0.3) is 0 Å². The molecule has 3 saturated carbocycles. The molecule has 5 aliphatic rings. The maximum Gasteiger partial charge on any atom is 0.509 e. The number of fused-ring (bicyclic) bond motifs is 1. The predicted molar refractivity (Wildman–Crippen MR) is 108 cm³/mol. The second kappa shape index (κ2) is 6.35. The molecular formula is C24H38O5. The Bertz CT molecular complexity index is 689.